The van der Waals surface area contributed by atoms with Crippen LogP contribution in [0.25, 0.3) is 10.9 Å². The smallest absolute Gasteiger partial charge is 0.193 e. The SMILES string of the molecule is Cn1cc(CS(C)=O)c(=O)c2cccc(Cl)c21. The van der Waals surface area contributed by atoms with Crippen LogP contribution in [-0.2, 0) is 23.6 Å². The highest BCUT2D eigenvalue weighted by Gasteiger charge is 2.10. The van der Waals surface area contributed by atoms with E-state index in [0.29, 0.717) is 21.5 Å². The standard InChI is InChI=1S/C12H12ClNO2S/c1-14-6-8(7-17(2)16)12(15)9-4-3-5-10(13)11(9)14/h3-6H,7H2,1-2H3. The van der Waals surface area contributed by atoms with Crippen LogP contribution in [0, 0.1) is 0 Å². The third-order valence-electron chi connectivity index (χ3n) is 2.58. The van der Waals surface area contributed by atoms with Crippen LogP contribution in [0.2, 0.25) is 5.02 Å². The lowest BCUT2D eigenvalue weighted by atomic mass is 10.1. The molecule has 1 unspecified atom stereocenters. The maximum atomic E-state index is 12.2. The molecule has 90 valence electrons. The lowest BCUT2D eigenvalue weighted by Gasteiger charge is -2.09. The van der Waals surface area contributed by atoms with Crippen molar-refractivity contribution in [3.8, 4) is 0 Å². The normalized spacial score (nSPS) is 12.9. The molecule has 0 N–H and O–H groups in total. The average Bonchev–Trinajstić information content (AvgIpc) is 2.24. The molecule has 0 spiro atoms. The number of aromatic nitrogens is 1. The van der Waals surface area contributed by atoms with Gasteiger partial charge in [-0.05, 0) is 12.1 Å². The summed E-state index contributed by atoms with van der Waals surface area (Å²) in [5.41, 5.74) is 1.18. The summed E-state index contributed by atoms with van der Waals surface area (Å²) in [5, 5.41) is 1.12. The van der Waals surface area contributed by atoms with Gasteiger partial charge in [0.2, 0.25) is 0 Å². The first kappa shape index (κ1) is 12.3. The third kappa shape index (κ3) is 2.28. The number of benzene rings is 1. The van der Waals surface area contributed by atoms with Crippen LogP contribution in [0.1, 0.15) is 5.56 Å². The average molecular weight is 270 g/mol. The first-order valence-electron chi connectivity index (χ1n) is 5.07. The Morgan fingerprint density at radius 2 is 2.12 bits per heavy atom. The van der Waals surface area contributed by atoms with Gasteiger partial charge in [-0.1, -0.05) is 17.7 Å². The Morgan fingerprint density at radius 3 is 2.76 bits per heavy atom. The van der Waals surface area contributed by atoms with E-state index in [1.54, 1.807) is 35.2 Å². The number of pyridine rings is 1. The highest BCUT2D eigenvalue weighted by atomic mass is 35.5. The maximum Gasteiger partial charge on any atom is 0.193 e. The molecule has 0 aliphatic rings. The van der Waals surface area contributed by atoms with Crippen LogP contribution < -0.4 is 5.43 Å². The summed E-state index contributed by atoms with van der Waals surface area (Å²) < 4.78 is 13.0. The highest BCUT2D eigenvalue weighted by molar-refractivity contribution is 7.83. The van der Waals surface area contributed by atoms with Gasteiger partial charge in [-0.2, -0.15) is 0 Å². The second kappa shape index (κ2) is 4.63. The second-order valence-corrected chi connectivity index (χ2v) is 5.79. The molecule has 0 radical (unpaired) electrons. The summed E-state index contributed by atoms with van der Waals surface area (Å²) in [4.78, 5) is 12.2. The molecule has 1 aromatic carbocycles. The molecule has 1 aromatic heterocycles. The van der Waals surface area contributed by atoms with Gasteiger partial charge < -0.3 is 4.57 Å². The highest BCUT2D eigenvalue weighted by Crippen LogP contribution is 2.20. The molecule has 0 fully saturated rings. The van der Waals surface area contributed by atoms with Crippen molar-refractivity contribution in [1.29, 1.82) is 0 Å². The van der Waals surface area contributed by atoms with Crippen molar-refractivity contribution in [2.24, 2.45) is 7.05 Å². The Hall–Kier alpha value is -1.13. The number of hydrogen-bond donors (Lipinski definition) is 0. The van der Waals surface area contributed by atoms with Crippen molar-refractivity contribution in [3.63, 3.8) is 0 Å². The molecule has 2 rings (SSSR count). The zero-order valence-electron chi connectivity index (χ0n) is 9.57. The van der Waals surface area contributed by atoms with Crippen LogP contribution in [0.5, 0.6) is 0 Å². The molecule has 0 saturated carbocycles. The van der Waals surface area contributed by atoms with Crippen molar-refractivity contribution in [2.45, 2.75) is 5.75 Å². The zero-order chi connectivity index (χ0) is 12.6. The van der Waals surface area contributed by atoms with E-state index in [0.717, 1.165) is 0 Å². The molecule has 0 aliphatic heterocycles. The Balaban J connectivity index is 2.81. The van der Waals surface area contributed by atoms with E-state index >= 15 is 0 Å². The quantitative estimate of drug-likeness (QED) is 0.837. The van der Waals surface area contributed by atoms with Gasteiger partial charge in [-0.15, -0.1) is 0 Å². The summed E-state index contributed by atoms with van der Waals surface area (Å²) in [5.74, 6) is 0.273. The van der Waals surface area contributed by atoms with Crippen LogP contribution in [-0.4, -0.2) is 15.0 Å². The topological polar surface area (TPSA) is 39.1 Å². The molecule has 0 bridgehead atoms. The summed E-state index contributed by atoms with van der Waals surface area (Å²) in [7, 11) is 0.799. The van der Waals surface area contributed by atoms with Crippen LogP contribution in [0.3, 0.4) is 0 Å². The van der Waals surface area contributed by atoms with E-state index in [9.17, 15) is 9.00 Å². The van der Waals surface area contributed by atoms with Gasteiger partial charge in [0.05, 0.1) is 16.3 Å². The van der Waals surface area contributed by atoms with Gasteiger partial charge in [-0.25, -0.2) is 0 Å². The predicted octanol–water partition coefficient (Wildman–Crippen LogP) is 2.07. The van der Waals surface area contributed by atoms with Crippen molar-refractivity contribution < 1.29 is 4.21 Å². The number of fused-ring (bicyclic) bond motifs is 1. The first-order valence-corrected chi connectivity index (χ1v) is 7.18. The van der Waals surface area contributed by atoms with Crippen molar-refractivity contribution >= 4 is 33.3 Å². The molecule has 0 amide bonds. The van der Waals surface area contributed by atoms with Crippen LogP contribution in [0.4, 0.5) is 0 Å². The van der Waals surface area contributed by atoms with Crippen LogP contribution >= 0.6 is 11.6 Å². The summed E-state index contributed by atoms with van der Waals surface area (Å²) >= 11 is 6.07. The van der Waals surface area contributed by atoms with E-state index < -0.39 is 10.8 Å². The van der Waals surface area contributed by atoms with E-state index in [4.69, 9.17) is 11.6 Å². The lowest BCUT2D eigenvalue weighted by molar-refractivity contribution is 0.686. The lowest BCUT2D eigenvalue weighted by Crippen LogP contribution is -2.15. The molecule has 5 heteroatoms. The van der Waals surface area contributed by atoms with Crippen molar-refractivity contribution in [2.75, 3.05) is 6.26 Å². The number of halogens is 1. The fraction of sp³-hybridized carbons (Fsp3) is 0.250. The Morgan fingerprint density at radius 1 is 1.41 bits per heavy atom. The molecule has 3 nitrogen and oxygen atoms in total. The molecular formula is C12H12ClNO2S. The first-order chi connectivity index (χ1) is 8.00. The minimum absolute atomic E-state index is 0.0872. The number of aryl methyl sites for hydroxylation is 1. The summed E-state index contributed by atoms with van der Waals surface area (Å²) in [6.07, 6.45) is 3.29. The van der Waals surface area contributed by atoms with Gasteiger partial charge in [0, 0.05) is 41.2 Å². The van der Waals surface area contributed by atoms with E-state index in [2.05, 4.69) is 0 Å². The van der Waals surface area contributed by atoms with Crippen molar-refractivity contribution in [1.82, 2.24) is 4.57 Å². The van der Waals surface area contributed by atoms with Gasteiger partial charge in [0.1, 0.15) is 0 Å². The number of para-hydroxylation sites is 1. The fourth-order valence-electron chi connectivity index (χ4n) is 1.91. The minimum atomic E-state index is -1.03. The third-order valence-corrected chi connectivity index (χ3v) is 3.61. The summed E-state index contributed by atoms with van der Waals surface area (Å²) in [6, 6.07) is 5.24. The second-order valence-electron chi connectivity index (χ2n) is 3.95. The maximum absolute atomic E-state index is 12.2. The molecule has 1 atom stereocenters. The predicted molar refractivity (Wildman–Crippen MR) is 72.0 cm³/mol. The molecule has 17 heavy (non-hydrogen) atoms. The largest absolute Gasteiger partial charge is 0.349 e. The molecule has 0 saturated heterocycles. The molecule has 0 aliphatic carbocycles. The number of rotatable bonds is 2. The van der Waals surface area contributed by atoms with E-state index in [1.165, 1.54) is 0 Å². The Bertz CT molecular complexity index is 663. The van der Waals surface area contributed by atoms with Crippen LogP contribution in [0.15, 0.2) is 29.2 Å². The van der Waals surface area contributed by atoms with Gasteiger partial charge >= 0.3 is 0 Å². The van der Waals surface area contributed by atoms with Gasteiger partial charge in [0.25, 0.3) is 0 Å². The molecular weight excluding hydrogens is 258 g/mol. The van der Waals surface area contributed by atoms with Gasteiger partial charge in [0.15, 0.2) is 5.43 Å². The zero-order valence-corrected chi connectivity index (χ0v) is 11.1. The Kier molecular flexibility index (Phi) is 3.35. The van der Waals surface area contributed by atoms with Crippen molar-refractivity contribution in [3.05, 3.63) is 45.2 Å². The number of nitrogens with zero attached hydrogens (tertiary/aromatic N) is 1. The van der Waals surface area contributed by atoms with E-state index in [1.807, 2.05) is 7.05 Å². The Labute approximate surface area is 106 Å². The fourth-order valence-corrected chi connectivity index (χ4v) is 2.86. The molecule has 1 heterocycles. The van der Waals surface area contributed by atoms with E-state index in [-0.39, 0.29) is 11.2 Å². The molecule has 2 aromatic rings. The monoisotopic (exact) mass is 269 g/mol. The van der Waals surface area contributed by atoms with Gasteiger partial charge in [-0.3, -0.25) is 9.00 Å². The minimum Gasteiger partial charge on any atom is -0.349 e. The summed E-state index contributed by atoms with van der Waals surface area (Å²) in [6.45, 7) is 0. The number of hydrogen-bond acceptors (Lipinski definition) is 2.